The van der Waals surface area contributed by atoms with E-state index in [2.05, 4.69) is 51.8 Å². The Morgan fingerprint density at radius 3 is 3.00 bits per heavy atom. The van der Waals surface area contributed by atoms with Crippen molar-refractivity contribution in [2.45, 2.75) is 52.1 Å². The van der Waals surface area contributed by atoms with Crippen molar-refractivity contribution in [2.75, 3.05) is 24.5 Å². The minimum atomic E-state index is 0.0113. The fraction of sp³-hybridized carbons (Fsp3) is 0.522. The van der Waals surface area contributed by atoms with Gasteiger partial charge in [0.25, 0.3) is 0 Å². The van der Waals surface area contributed by atoms with E-state index in [1.54, 1.807) is 6.20 Å². The van der Waals surface area contributed by atoms with E-state index in [1.807, 2.05) is 23.2 Å². The van der Waals surface area contributed by atoms with Crippen molar-refractivity contribution in [3.63, 3.8) is 0 Å². The van der Waals surface area contributed by atoms with Crippen LogP contribution in [0.4, 0.5) is 5.95 Å². The molecule has 7 heteroatoms. The molecule has 0 bridgehead atoms. The zero-order valence-corrected chi connectivity index (χ0v) is 18.0. The molecule has 1 aliphatic heterocycles. The average Bonchev–Trinajstić information content (AvgIpc) is 3.44. The lowest BCUT2D eigenvalue weighted by atomic mass is 9.97. The lowest BCUT2D eigenvalue weighted by molar-refractivity contribution is -0.125. The molecule has 2 aromatic heterocycles. The molecule has 1 N–H and O–H groups in total. The van der Waals surface area contributed by atoms with Crippen LogP contribution in [0, 0.1) is 5.92 Å². The largest absolute Gasteiger partial charge is 0.356 e. The van der Waals surface area contributed by atoms with E-state index in [4.69, 9.17) is 4.98 Å². The van der Waals surface area contributed by atoms with Gasteiger partial charge in [0, 0.05) is 44.6 Å². The Hall–Kier alpha value is -2.83. The number of imidazole rings is 2. The van der Waals surface area contributed by atoms with E-state index in [1.165, 1.54) is 5.52 Å². The number of fused-ring (bicyclic) bond motifs is 1. The van der Waals surface area contributed by atoms with Crippen LogP contribution in [0.1, 0.15) is 45.6 Å². The number of anilines is 1. The predicted octanol–water partition coefficient (Wildman–Crippen LogP) is 3.63. The number of hydrogen-bond donors (Lipinski definition) is 1. The summed E-state index contributed by atoms with van der Waals surface area (Å²) in [4.78, 5) is 24.1. The number of nitrogens with one attached hydrogen (secondary N) is 1. The summed E-state index contributed by atoms with van der Waals surface area (Å²) in [5, 5.41) is 3.14. The molecule has 4 rings (SSSR count). The SMILES string of the molecule is CCC(C)n1c(N2CCCC(C(=O)NCCCn3ccnc3)C2)nc2ccccc21. The van der Waals surface area contributed by atoms with E-state index in [-0.39, 0.29) is 11.8 Å². The number of carbonyl (C=O) groups excluding carboxylic acids is 1. The Labute approximate surface area is 178 Å². The standard InChI is InChI=1S/C23H32N6O/c1-3-18(2)29-21-10-5-4-9-20(21)26-23(29)28-14-6-8-19(16-28)22(30)25-11-7-13-27-15-12-24-17-27/h4-5,9-10,12,15,17-19H,3,6-8,11,13-14,16H2,1-2H3,(H,25,30). The molecular formula is C23H32N6O. The van der Waals surface area contributed by atoms with Crippen molar-refractivity contribution in [3.05, 3.63) is 43.0 Å². The van der Waals surface area contributed by atoms with Gasteiger partial charge in [0.15, 0.2) is 0 Å². The molecule has 160 valence electrons. The summed E-state index contributed by atoms with van der Waals surface area (Å²) in [6.45, 7) is 7.69. The van der Waals surface area contributed by atoms with E-state index >= 15 is 0 Å². The molecule has 1 aromatic carbocycles. The molecule has 30 heavy (non-hydrogen) atoms. The predicted molar refractivity (Wildman–Crippen MR) is 120 cm³/mol. The van der Waals surface area contributed by atoms with Gasteiger partial charge in [-0.1, -0.05) is 19.1 Å². The molecule has 0 radical (unpaired) electrons. The highest BCUT2D eigenvalue weighted by atomic mass is 16.1. The Morgan fingerprint density at radius 1 is 1.33 bits per heavy atom. The van der Waals surface area contributed by atoms with Crippen LogP contribution in [0.2, 0.25) is 0 Å². The first-order valence-corrected chi connectivity index (χ1v) is 11.1. The van der Waals surface area contributed by atoms with Gasteiger partial charge in [-0.25, -0.2) is 9.97 Å². The zero-order chi connectivity index (χ0) is 20.9. The molecule has 2 atom stereocenters. The van der Waals surface area contributed by atoms with Gasteiger partial charge < -0.3 is 19.4 Å². The van der Waals surface area contributed by atoms with Crippen molar-refractivity contribution in [1.29, 1.82) is 0 Å². The second kappa shape index (κ2) is 9.32. The third-order valence-corrected chi connectivity index (χ3v) is 6.14. The molecule has 2 unspecified atom stereocenters. The fourth-order valence-electron chi connectivity index (χ4n) is 4.28. The highest BCUT2D eigenvalue weighted by Crippen LogP contribution is 2.31. The lowest BCUT2D eigenvalue weighted by Crippen LogP contribution is -2.44. The first-order chi connectivity index (χ1) is 14.7. The van der Waals surface area contributed by atoms with Crippen LogP contribution in [0.15, 0.2) is 43.0 Å². The molecule has 7 nitrogen and oxygen atoms in total. The first-order valence-electron chi connectivity index (χ1n) is 11.1. The quantitative estimate of drug-likeness (QED) is 0.578. The Bertz CT molecular complexity index is 963. The van der Waals surface area contributed by atoms with Crippen LogP contribution in [0.5, 0.6) is 0 Å². The summed E-state index contributed by atoms with van der Waals surface area (Å²) in [7, 11) is 0. The topological polar surface area (TPSA) is 68.0 Å². The molecule has 1 fully saturated rings. The van der Waals surface area contributed by atoms with Crippen LogP contribution in [0.3, 0.4) is 0 Å². The van der Waals surface area contributed by atoms with Gasteiger partial charge >= 0.3 is 0 Å². The number of amides is 1. The summed E-state index contributed by atoms with van der Waals surface area (Å²) >= 11 is 0. The van der Waals surface area contributed by atoms with Crippen molar-refractivity contribution in [1.82, 2.24) is 24.4 Å². The van der Waals surface area contributed by atoms with Crippen molar-refractivity contribution >= 4 is 22.9 Å². The summed E-state index contributed by atoms with van der Waals surface area (Å²) < 4.78 is 4.38. The third-order valence-electron chi connectivity index (χ3n) is 6.14. The van der Waals surface area contributed by atoms with Gasteiger partial charge in [0.2, 0.25) is 11.9 Å². The number of benzene rings is 1. The van der Waals surface area contributed by atoms with Crippen molar-refractivity contribution < 1.29 is 4.79 Å². The minimum Gasteiger partial charge on any atom is -0.356 e. The van der Waals surface area contributed by atoms with Crippen LogP contribution in [-0.4, -0.2) is 44.6 Å². The smallest absolute Gasteiger partial charge is 0.224 e. The van der Waals surface area contributed by atoms with Crippen LogP contribution in [0.25, 0.3) is 11.0 Å². The van der Waals surface area contributed by atoms with Gasteiger partial charge in [0.1, 0.15) is 0 Å². The van der Waals surface area contributed by atoms with Crippen molar-refractivity contribution in [2.24, 2.45) is 5.92 Å². The number of hydrogen-bond acceptors (Lipinski definition) is 4. The number of aryl methyl sites for hydroxylation is 1. The van der Waals surface area contributed by atoms with Gasteiger partial charge in [-0.15, -0.1) is 0 Å². The molecule has 3 aromatic rings. The number of carbonyl (C=O) groups is 1. The molecule has 1 aliphatic rings. The second-order valence-electron chi connectivity index (χ2n) is 8.26. The number of rotatable bonds is 8. The Morgan fingerprint density at radius 2 is 2.20 bits per heavy atom. The average molecular weight is 409 g/mol. The normalized spacial score (nSPS) is 17.9. The third kappa shape index (κ3) is 4.35. The van der Waals surface area contributed by atoms with E-state index < -0.39 is 0 Å². The number of aromatic nitrogens is 4. The molecule has 0 aliphatic carbocycles. The number of para-hydroxylation sites is 2. The zero-order valence-electron chi connectivity index (χ0n) is 18.0. The summed E-state index contributed by atoms with van der Waals surface area (Å²) in [6, 6.07) is 8.70. The fourth-order valence-corrected chi connectivity index (χ4v) is 4.28. The van der Waals surface area contributed by atoms with Crippen LogP contribution in [-0.2, 0) is 11.3 Å². The maximum absolute atomic E-state index is 12.8. The minimum absolute atomic E-state index is 0.0113. The van der Waals surface area contributed by atoms with Gasteiger partial charge in [-0.2, -0.15) is 0 Å². The molecular weight excluding hydrogens is 376 g/mol. The van der Waals surface area contributed by atoms with Gasteiger partial charge in [0.05, 0.1) is 23.3 Å². The number of nitrogens with zero attached hydrogens (tertiary/aromatic N) is 5. The molecule has 0 spiro atoms. The Kier molecular flexibility index (Phi) is 6.35. The second-order valence-corrected chi connectivity index (χ2v) is 8.26. The molecule has 3 heterocycles. The monoisotopic (exact) mass is 408 g/mol. The van der Waals surface area contributed by atoms with Crippen LogP contribution >= 0.6 is 0 Å². The molecule has 1 amide bonds. The van der Waals surface area contributed by atoms with Gasteiger partial charge in [-0.05, 0) is 44.7 Å². The maximum atomic E-state index is 12.8. The molecule has 1 saturated heterocycles. The highest BCUT2D eigenvalue weighted by Gasteiger charge is 2.29. The van der Waals surface area contributed by atoms with Crippen molar-refractivity contribution in [3.8, 4) is 0 Å². The summed E-state index contributed by atoms with van der Waals surface area (Å²) in [6.07, 6.45) is 9.44. The summed E-state index contributed by atoms with van der Waals surface area (Å²) in [5.74, 6) is 1.18. The van der Waals surface area contributed by atoms with E-state index in [9.17, 15) is 4.79 Å². The van der Waals surface area contributed by atoms with Crippen LogP contribution < -0.4 is 10.2 Å². The Balaban J connectivity index is 1.41. The van der Waals surface area contributed by atoms with E-state index in [0.29, 0.717) is 12.6 Å². The molecule has 0 saturated carbocycles. The van der Waals surface area contributed by atoms with E-state index in [0.717, 1.165) is 56.8 Å². The number of piperidine rings is 1. The first kappa shape index (κ1) is 20.4. The maximum Gasteiger partial charge on any atom is 0.224 e. The lowest BCUT2D eigenvalue weighted by Gasteiger charge is -2.34. The van der Waals surface area contributed by atoms with Gasteiger partial charge in [-0.3, -0.25) is 4.79 Å². The highest BCUT2D eigenvalue weighted by molar-refractivity contribution is 5.81. The summed E-state index contributed by atoms with van der Waals surface area (Å²) in [5.41, 5.74) is 2.20.